The first-order chi connectivity index (χ1) is 19.3. The molecule has 2 amide bonds. The number of carbonyl (C=O) groups is 3. The minimum absolute atomic E-state index is 0.116. The van der Waals surface area contributed by atoms with Crippen LogP contribution in [-0.2, 0) is 23.9 Å². The van der Waals surface area contributed by atoms with Crippen LogP contribution >= 0.6 is 15.9 Å². The Morgan fingerprint density at radius 3 is 2.58 bits per heavy atom. The molecule has 1 aromatic carbocycles. The highest BCUT2D eigenvalue weighted by molar-refractivity contribution is 9.09. The van der Waals surface area contributed by atoms with E-state index in [2.05, 4.69) is 29.1 Å². The fourth-order valence-electron chi connectivity index (χ4n) is 6.37. The monoisotopic (exact) mass is 618 g/mol. The molecule has 6 atom stereocenters. The summed E-state index contributed by atoms with van der Waals surface area (Å²) in [6, 6.07) is 6.23. The molecule has 3 fully saturated rings. The van der Waals surface area contributed by atoms with Gasteiger partial charge in [-0.25, -0.2) is 0 Å². The Bertz CT molecular complexity index is 1100. The zero-order valence-electron chi connectivity index (χ0n) is 23.0. The number of likely N-dealkylation sites (tertiary alicyclic amines) is 1. The van der Waals surface area contributed by atoms with Crippen LogP contribution in [-0.4, -0.2) is 83.8 Å². The summed E-state index contributed by atoms with van der Waals surface area (Å²) in [4.78, 5) is 44.9. The van der Waals surface area contributed by atoms with Crippen molar-refractivity contribution >= 4 is 39.4 Å². The molecule has 0 aliphatic carbocycles. The van der Waals surface area contributed by atoms with Crippen molar-refractivity contribution in [2.75, 3.05) is 38.3 Å². The Morgan fingerprint density at radius 1 is 1.20 bits per heavy atom. The largest absolute Gasteiger partial charge is 0.497 e. The lowest BCUT2D eigenvalue weighted by Crippen LogP contribution is -2.57. The van der Waals surface area contributed by atoms with Crippen LogP contribution in [0.3, 0.4) is 0 Å². The molecule has 3 saturated heterocycles. The summed E-state index contributed by atoms with van der Waals surface area (Å²) in [6.45, 7) is 8.39. The summed E-state index contributed by atoms with van der Waals surface area (Å²) in [5.74, 6) is -1.97. The summed E-state index contributed by atoms with van der Waals surface area (Å²) in [5.41, 5.74) is -0.518. The molecule has 3 aliphatic heterocycles. The molecule has 1 N–H and O–H groups in total. The van der Waals surface area contributed by atoms with Gasteiger partial charge in [0.2, 0.25) is 5.91 Å². The maximum atomic E-state index is 14.5. The number of aliphatic hydroxyl groups excluding tert-OH is 1. The van der Waals surface area contributed by atoms with Crippen molar-refractivity contribution < 1.29 is 33.7 Å². The van der Waals surface area contributed by atoms with Crippen LogP contribution < -0.4 is 9.64 Å². The average molecular weight is 620 g/mol. The van der Waals surface area contributed by atoms with Crippen molar-refractivity contribution in [3.63, 3.8) is 0 Å². The fourth-order valence-corrected chi connectivity index (χ4v) is 7.31. The molecule has 3 unspecified atom stereocenters. The minimum atomic E-state index is -1.16. The normalized spacial score (nSPS) is 28.3. The van der Waals surface area contributed by atoms with Gasteiger partial charge in [-0.3, -0.25) is 14.4 Å². The van der Waals surface area contributed by atoms with E-state index in [0.717, 1.165) is 12.8 Å². The summed E-state index contributed by atoms with van der Waals surface area (Å²) in [6.07, 6.45) is 6.64. The molecule has 2 bridgehead atoms. The lowest BCUT2D eigenvalue weighted by Gasteiger charge is -2.37. The molecule has 1 spiro atoms. The van der Waals surface area contributed by atoms with Gasteiger partial charge in [-0.1, -0.05) is 40.9 Å². The lowest BCUT2D eigenvalue weighted by molar-refractivity contribution is -0.154. The third kappa shape index (κ3) is 5.58. The van der Waals surface area contributed by atoms with Gasteiger partial charge in [-0.2, -0.15) is 0 Å². The summed E-state index contributed by atoms with van der Waals surface area (Å²) in [7, 11) is 1.58. The van der Waals surface area contributed by atoms with Crippen LogP contribution in [0.5, 0.6) is 5.75 Å². The Balaban J connectivity index is 1.70. The van der Waals surface area contributed by atoms with Gasteiger partial charge in [0.15, 0.2) is 0 Å². The second-order valence-electron chi connectivity index (χ2n) is 10.5. The fraction of sp³-hybridized carbons (Fsp3) is 0.567. The number of amides is 2. The number of methoxy groups -OCH3 is 1. The first kappa shape index (κ1) is 30.3. The predicted molar refractivity (Wildman–Crippen MR) is 154 cm³/mol. The summed E-state index contributed by atoms with van der Waals surface area (Å²) in [5, 5.41) is 9.15. The molecular formula is C30H39BrN2O7. The van der Waals surface area contributed by atoms with Crippen LogP contribution in [0, 0.1) is 11.8 Å². The number of hydrogen-bond donors (Lipinski definition) is 1. The van der Waals surface area contributed by atoms with Crippen LogP contribution in [0.25, 0.3) is 0 Å². The maximum Gasteiger partial charge on any atom is 0.312 e. The smallest absolute Gasteiger partial charge is 0.312 e. The van der Waals surface area contributed by atoms with Crippen molar-refractivity contribution in [3.8, 4) is 5.75 Å². The molecule has 218 valence electrons. The number of halogens is 1. The van der Waals surface area contributed by atoms with E-state index >= 15 is 0 Å². The highest BCUT2D eigenvalue weighted by Crippen LogP contribution is 2.60. The van der Waals surface area contributed by atoms with E-state index in [1.165, 1.54) is 0 Å². The summed E-state index contributed by atoms with van der Waals surface area (Å²) < 4.78 is 17.4. The lowest BCUT2D eigenvalue weighted by atomic mass is 9.70. The number of esters is 1. The Hall–Kier alpha value is -2.69. The maximum absolute atomic E-state index is 14.5. The average Bonchev–Trinajstić information content (AvgIpc) is 3.54. The van der Waals surface area contributed by atoms with Crippen LogP contribution in [0.15, 0.2) is 49.6 Å². The molecular weight excluding hydrogens is 580 g/mol. The number of fused-ring (bicyclic) bond motifs is 1. The molecule has 0 aromatic heterocycles. The molecule has 1 aromatic rings. The van der Waals surface area contributed by atoms with E-state index in [9.17, 15) is 14.4 Å². The van der Waals surface area contributed by atoms with E-state index in [1.807, 2.05) is 0 Å². The number of alkyl halides is 1. The quantitative estimate of drug-likeness (QED) is 0.138. The number of anilines is 1. The van der Waals surface area contributed by atoms with E-state index < -0.39 is 35.6 Å². The molecule has 9 nitrogen and oxygen atoms in total. The van der Waals surface area contributed by atoms with E-state index in [4.69, 9.17) is 19.3 Å². The van der Waals surface area contributed by atoms with Crippen LogP contribution in [0.1, 0.15) is 38.5 Å². The Labute approximate surface area is 244 Å². The standard InChI is InChI=1S/C30H39BrN2O7/c1-4-6-18-39-29(37)23-24-27(35)33(16-9-7-8-10-17-34)26(30(24)19-22(31)25(23)40-30)28(36)32(15-5-2)20-11-13-21(38-3)14-12-20/h4-5,11-14,22-26,34H,1-2,6-10,15-19H2,3H3/t22?,23-,24+,25-,26?,30?/m1/s1. The first-order valence-corrected chi connectivity index (χ1v) is 14.8. The molecule has 3 aliphatic rings. The number of nitrogens with zero attached hydrogens (tertiary/aromatic N) is 2. The number of aliphatic hydroxyl groups is 1. The minimum Gasteiger partial charge on any atom is -0.497 e. The molecule has 40 heavy (non-hydrogen) atoms. The number of carbonyl (C=O) groups excluding carboxylic acids is 3. The number of ether oxygens (including phenoxy) is 3. The second-order valence-corrected chi connectivity index (χ2v) is 11.7. The third-order valence-corrected chi connectivity index (χ3v) is 8.98. The Morgan fingerprint density at radius 2 is 1.93 bits per heavy atom. The molecule has 4 rings (SSSR count). The van der Waals surface area contributed by atoms with Gasteiger partial charge < -0.3 is 29.1 Å². The van der Waals surface area contributed by atoms with Gasteiger partial charge in [-0.15, -0.1) is 13.2 Å². The van der Waals surface area contributed by atoms with Crippen molar-refractivity contribution in [2.24, 2.45) is 11.8 Å². The number of hydrogen-bond acceptors (Lipinski definition) is 7. The predicted octanol–water partition coefficient (Wildman–Crippen LogP) is 3.63. The molecule has 10 heteroatoms. The Kier molecular flexibility index (Phi) is 10.1. The number of benzene rings is 1. The first-order valence-electron chi connectivity index (χ1n) is 13.9. The van der Waals surface area contributed by atoms with Crippen LogP contribution in [0.2, 0.25) is 0 Å². The van der Waals surface area contributed by atoms with Gasteiger partial charge >= 0.3 is 5.97 Å². The molecule has 0 radical (unpaired) electrons. The van der Waals surface area contributed by atoms with Gasteiger partial charge in [0.05, 0.1) is 31.7 Å². The van der Waals surface area contributed by atoms with Crippen molar-refractivity contribution in [1.82, 2.24) is 4.90 Å². The van der Waals surface area contributed by atoms with Gasteiger partial charge in [0, 0.05) is 30.2 Å². The third-order valence-electron chi connectivity index (χ3n) is 8.13. The highest BCUT2D eigenvalue weighted by atomic mass is 79.9. The zero-order chi connectivity index (χ0) is 28.9. The SMILES string of the molecule is C=CCCOC(=O)[C@H]1[C@@H]2OC3(CC2Br)C(C(=O)N(CC=C)c2ccc(OC)cc2)N(CCCCCCO)C(=O)[C@H]13. The zero-order valence-corrected chi connectivity index (χ0v) is 24.6. The van der Waals surface area contributed by atoms with Crippen molar-refractivity contribution in [1.29, 1.82) is 0 Å². The van der Waals surface area contributed by atoms with Crippen molar-refractivity contribution in [2.45, 2.75) is 61.1 Å². The van der Waals surface area contributed by atoms with Crippen molar-refractivity contribution in [3.05, 3.63) is 49.6 Å². The van der Waals surface area contributed by atoms with Crippen LogP contribution in [0.4, 0.5) is 5.69 Å². The van der Waals surface area contributed by atoms with E-state index in [1.54, 1.807) is 53.3 Å². The van der Waals surface area contributed by atoms with Gasteiger partial charge in [0.25, 0.3) is 5.91 Å². The number of unbranched alkanes of at least 4 members (excludes halogenated alkanes) is 3. The second kappa shape index (κ2) is 13.3. The van der Waals surface area contributed by atoms with Gasteiger partial charge in [-0.05, 0) is 49.9 Å². The summed E-state index contributed by atoms with van der Waals surface area (Å²) >= 11 is 3.69. The number of rotatable bonds is 15. The van der Waals surface area contributed by atoms with E-state index in [0.29, 0.717) is 43.7 Å². The highest BCUT2D eigenvalue weighted by Gasteiger charge is 2.77. The topological polar surface area (TPSA) is 106 Å². The molecule has 3 heterocycles. The van der Waals surface area contributed by atoms with E-state index in [-0.39, 0.29) is 36.4 Å². The van der Waals surface area contributed by atoms with Gasteiger partial charge in [0.1, 0.15) is 17.4 Å². The molecule has 0 saturated carbocycles.